The molecule has 0 atom stereocenters. The zero-order chi connectivity index (χ0) is 15.1. The van der Waals surface area contributed by atoms with Crippen molar-refractivity contribution in [2.45, 2.75) is 13.3 Å². The number of nitrogen functional groups attached to an aromatic ring is 1. The number of carbonyl (C=O) groups excluding carboxylic acids is 1. The summed E-state index contributed by atoms with van der Waals surface area (Å²) in [5.41, 5.74) is 9.89. The van der Waals surface area contributed by atoms with Crippen molar-refractivity contribution in [2.24, 2.45) is 0 Å². The van der Waals surface area contributed by atoms with Crippen molar-refractivity contribution in [1.29, 1.82) is 0 Å². The fourth-order valence-corrected chi connectivity index (χ4v) is 2.75. The van der Waals surface area contributed by atoms with Gasteiger partial charge in [-0.1, -0.05) is 17.7 Å². The van der Waals surface area contributed by atoms with E-state index in [1.807, 2.05) is 19.1 Å². The number of aryl methyl sites for hydroxylation is 1. The van der Waals surface area contributed by atoms with Crippen LogP contribution in [0.2, 0.25) is 5.02 Å². The summed E-state index contributed by atoms with van der Waals surface area (Å²) in [6.45, 7) is 2.53. The van der Waals surface area contributed by atoms with E-state index in [4.69, 9.17) is 17.3 Å². The molecule has 3 rings (SSSR count). The van der Waals surface area contributed by atoms with E-state index in [0.29, 0.717) is 17.8 Å². The number of carbonyl (C=O) groups is 1. The molecule has 108 valence electrons. The van der Waals surface area contributed by atoms with Crippen molar-refractivity contribution in [3.8, 4) is 0 Å². The van der Waals surface area contributed by atoms with Gasteiger partial charge in [-0.2, -0.15) is 0 Å². The number of amides is 1. The second kappa shape index (κ2) is 5.04. The van der Waals surface area contributed by atoms with Crippen molar-refractivity contribution in [3.63, 3.8) is 0 Å². The minimum absolute atomic E-state index is 0.0521. The average Bonchev–Trinajstić information content (AvgIpc) is 2.84. The van der Waals surface area contributed by atoms with Crippen molar-refractivity contribution in [1.82, 2.24) is 0 Å². The van der Waals surface area contributed by atoms with Gasteiger partial charge in [0.1, 0.15) is 5.82 Å². The van der Waals surface area contributed by atoms with Gasteiger partial charge in [0.2, 0.25) is 0 Å². The number of benzene rings is 2. The molecule has 2 aromatic carbocycles. The van der Waals surface area contributed by atoms with Gasteiger partial charge in [0.05, 0.1) is 5.02 Å². The van der Waals surface area contributed by atoms with Crippen molar-refractivity contribution in [2.75, 3.05) is 17.2 Å². The first-order chi connectivity index (χ1) is 9.97. The van der Waals surface area contributed by atoms with E-state index in [1.165, 1.54) is 18.2 Å². The highest BCUT2D eigenvalue weighted by molar-refractivity contribution is 6.31. The highest BCUT2D eigenvalue weighted by atomic mass is 35.5. The fraction of sp³-hybridized carbons (Fsp3) is 0.188. The summed E-state index contributed by atoms with van der Waals surface area (Å²) in [4.78, 5) is 14.2. The van der Waals surface area contributed by atoms with Crippen molar-refractivity contribution >= 4 is 28.9 Å². The van der Waals surface area contributed by atoms with Crippen LogP contribution in [0.15, 0.2) is 30.3 Å². The van der Waals surface area contributed by atoms with Crippen LogP contribution in [-0.2, 0) is 6.42 Å². The lowest BCUT2D eigenvalue weighted by atomic mass is 10.1. The van der Waals surface area contributed by atoms with Crippen molar-refractivity contribution in [3.05, 3.63) is 57.9 Å². The first-order valence-corrected chi connectivity index (χ1v) is 7.01. The van der Waals surface area contributed by atoms with Gasteiger partial charge in [-0.3, -0.25) is 4.79 Å². The van der Waals surface area contributed by atoms with Crippen LogP contribution in [0.25, 0.3) is 0 Å². The minimum atomic E-state index is -0.532. The molecule has 3 nitrogen and oxygen atoms in total. The first-order valence-electron chi connectivity index (χ1n) is 6.63. The number of nitrogens with zero attached hydrogens (tertiary/aromatic N) is 1. The Morgan fingerprint density at radius 1 is 1.33 bits per heavy atom. The van der Waals surface area contributed by atoms with Crippen LogP contribution in [0.3, 0.4) is 0 Å². The molecule has 0 saturated heterocycles. The van der Waals surface area contributed by atoms with E-state index in [2.05, 4.69) is 0 Å². The van der Waals surface area contributed by atoms with E-state index in [-0.39, 0.29) is 10.9 Å². The molecule has 2 aromatic rings. The monoisotopic (exact) mass is 304 g/mol. The second-order valence-electron chi connectivity index (χ2n) is 5.17. The number of hydrogen-bond acceptors (Lipinski definition) is 2. The summed E-state index contributed by atoms with van der Waals surface area (Å²) in [5, 5.41) is -0.0521. The molecule has 0 aliphatic carbocycles. The molecule has 1 amide bonds. The van der Waals surface area contributed by atoms with Crippen LogP contribution >= 0.6 is 11.6 Å². The van der Waals surface area contributed by atoms with Gasteiger partial charge in [-0.15, -0.1) is 0 Å². The zero-order valence-corrected chi connectivity index (χ0v) is 12.2. The Kier molecular flexibility index (Phi) is 3.33. The first kappa shape index (κ1) is 13.9. The summed E-state index contributed by atoms with van der Waals surface area (Å²) in [5.74, 6) is -0.728. The molecule has 0 saturated carbocycles. The lowest BCUT2D eigenvalue weighted by molar-refractivity contribution is 0.0989. The van der Waals surface area contributed by atoms with Crippen LogP contribution in [0.5, 0.6) is 0 Å². The van der Waals surface area contributed by atoms with Gasteiger partial charge in [-0.05, 0) is 48.7 Å². The lowest BCUT2D eigenvalue weighted by Gasteiger charge is -2.18. The highest BCUT2D eigenvalue weighted by Gasteiger charge is 2.26. The molecule has 1 aliphatic rings. The third-order valence-electron chi connectivity index (χ3n) is 3.77. The molecule has 0 aromatic heterocycles. The molecule has 21 heavy (non-hydrogen) atoms. The maximum atomic E-state index is 13.2. The number of fused-ring (bicyclic) bond motifs is 1. The van der Waals surface area contributed by atoms with Crippen LogP contribution in [0.4, 0.5) is 15.8 Å². The molecule has 0 spiro atoms. The van der Waals surface area contributed by atoms with Crippen LogP contribution in [0.1, 0.15) is 21.5 Å². The lowest BCUT2D eigenvalue weighted by Crippen LogP contribution is -2.29. The van der Waals surface area contributed by atoms with Crippen LogP contribution < -0.4 is 10.6 Å². The molecule has 0 bridgehead atoms. The smallest absolute Gasteiger partial charge is 0.258 e. The Balaban J connectivity index is 1.98. The Morgan fingerprint density at radius 2 is 2.10 bits per heavy atom. The van der Waals surface area contributed by atoms with Gasteiger partial charge in [-0.25, -0.2) is 4.39 Å². The third-order valence-corrected chi connectivity index (χ3v) is 4.06. The SMILES string of the molecule is Cc1cc2c(cc1N)N(C(=O)c1ccc(F)c(Cl)c1)CC2. The van der Waals surface area contributed by atoms with E-state index in [1.54, 1.807) is 4.90 Å². The number of nitrogens with two attached hydrogens (primary N) is 1. The van der Waals surface area contributed by atoms with Gasteiger partial charge in [0, 0.05) is 23.5 Å². The van der Waals surface area contributed by atoms with Gasteiger partial charge >= 0.3 is 0 Å². The summed E-state index contributed by atoms with van der Waals surface area (Å²) >= 11 is 5.75. The average molecular weight is 305 g/mol. The van der Waals surface area contributed by atoms with E-state index in [9.17, 15) is 9.18 Å². The molecule has 0 radical (unpaired) electrons. The molecule has 0 fully saturated rings. The fourth-order valence-electron chi connectivity index (χ4n) is 2.57. The maximum absolute atomic E-state index is 13.2. The van der Waals surface area contributed by atoms with E-state index in [0.717, 1.165) is 23.2 Å². The summed E-state index contributed by atoms with van der Waals surface area (Å²) in [6, 6.07) is 7.83. The topological polar surface area (TPSA) is 46.3 Å². The zero-order valence-electron chi connectivity index (χ0n) is 11.5. The van der Waals surface area contributed by atoms with Crippen molar-refractivity contribution < 1.29 is 9.18 Å². The summed E-state index contributed by atoms with van der Waals surface area (Å²) < 4.78 is 13.2. The Hall–Kier alpha value is -2.07. The van der Waals surface area contributed by atoms with E-state index < -0.39 is 5.82 Å². The Bertz CT molecular complexity index is 745. The largest absolute Gasteiger partial charge is 0.398 e. The highest BCUT2D eigenvalue weighted by Crippen LogP contribution is 2.33. The molecule has 1 aliphatic heterocycles. The molecule has 5 heteroatoms. The Morgan fingerprint density at radius 3 is 2.81 bits per heavy atom. The number of anilines is 2. The number of halogens is 2. The van der Waals surface area contributed by atoms with Gasteiger partial charge in [0.25, 0.3) is 5.91 Å². The van der Waals surface area contributed by atoms with Gasteiger partial charge in [0.15, 0.2) is 0 Å². The Labute approximate surface area is 127 Å². The summed E-state index contributed by atoms with van der Waals surface area (Å²) in [7, 11) is 0. The predicted octanol–water partition coefficient (Wildman–Crippen LogP) is 3.57. The quantitative estimate of drug-likeness (QED) is 0.819. The van der Waals surface area contributed by atoms with E-state index >= 15 is 0 Å². The normalized spacial score (nSPS) is 13.4. The number of rotatable bonds is 1. The second-order valence-corrected chi connectivity index (χ2v) is 5.58. The molecule has 1 heterocycles. The minimum Gasteiger partial charge on any atom is -0.398 e. The van der Waals surface area contributed by atoms with Gasteiger partial charge < -0.3 is 10.6 Å². The molecular formula is C16H14ClFN2O. The predicted molar refractivity (Wildman–Crippen MR) is 82.4 cm³/mol. The maximum Gasteiger partial charge on any atom is 0.258 e. The van der Waals surface area contributed by atoms with Crippen LogP contribution in [0, 0.1) is 12.7 Å². The summed E-state index contributed by atoms with van der Waals surface area (Å²) in [6.07, 6.45) is 0.789. The standard InChI is InChI=1S/C16H14ClFN2O/c1-9-6-10-4-5-20(15(10)8-14(9)19)16(21)11-2-3-13(18)12(17)7-11/h2-3,6-8H,4-5,19H2,1H3. The molecular weight excluding hydrogens is 291 g/mol. The number of hydrogen-bond donors (Lipinski definition) is 1. The molecule has 0 unspecified atom stereocenters. The third kappa shape index (κ3) is 2.36. The molecule has 2 N–H and O–H groups in total. The van der Waals surface area contributed by atoms with Crippen LogP contribution in [-0.4, -0.2) is 12.5 Å².